The van der Waals surface area contributed by atoms with Gasteiger partial charge in [0.2, 0.25) is 0 Å². The normalized spacial score (nSPS) is 20.8. The molecular weight excluding hydrogens is 244 g/mol. The van der Waals surface area contributed by atoms with Gasteiger partial charge in [-0.15, -0.1) is 0 Å². The molecule has 1 aromatic carbocycles. The maximum Gasteiger partial charge on any atom is 0.0233 e. The molecule has 1 atom stereocenters. The highest BCUT2D eigenvalue weighted by Crippen LogP contribution is 2.29. The minimum absolute atomic E-state index is 0.486. The number of nitrogens with zero attached hydrogens (tertiary/aromatic N) is 1. The van der Waals surface area contributed by atoms with E-state index in [1.807, 2.05) is 7.05 Å². The smallest absolute Gasteiger partial charge is 0.0233 e. The molecule has 1 N–H and O–H groups in total. The van der Waals surface area contributed by atoms with Gasteiger partial charge in [0.05, 0.1) is 0 Å². The zero-order chi connectivity index (χ0) is 14.6. The van der Waals surface area contributed by atoms with Crippen molar-refractivity contribution in [2.45, 2.75) is 46.1 Å². The van der Waals surface area contributed by atoms with Crippen molar-refractivity contribution in [1.82, 2.24) is 10.2 Å². The first kappa shape index (κ1) is 15.5. The molecule has 0 aromatic heterocycles. The molecule has 1 aliphatic rings. The molecule has 1 heterocycles. The lowest BCUT2D eigenvalue weighted by molar-refractivity contribution is 0.111. The third-order valence-electron chi connectivity index (χ3n) is 4.44. The topological polar surface area (TPSA) is 15.3 Å². The Morgan fingerprint density at radius 2 is 1.95 bits per heavy atom. The molecule has 0 aliphatic carbocycles. The Kier molecular flexibility index (Phi) is 5.22. The maximum atomic E-state index is 3.25. The van der Waals surface area contributed by atoms with Gasteiger partial charge in [-0.05, 0) is 48.9 Å². The van der Waals surface area contributed by atoms with E-state index in [2.05, 4.69) is 55.3 Å². The number of hydrogen-bond donors (Lipinski definition) is 1. The summed E-state index contributed by atoms with van der Waals surface area (Å²) in [7, 11) is 2.02. The molecule has 1 aliphatic heterocycles. The van der Waals surface area contributed by atoms with Crippen LogP contribution in [0.25, 0.3) is 0 Å². The van der Waals surface area contributed by atoms with Crippen molar-refractivity contribution in [2.75, 3.05) is 26.7 Å². The van der Waals surface area contributed by atoms with Crippen LogP contribution < -0.4 is 5.32 Å². The SMILES string of the molecule is CNCC(C)c1ccc(CN2CCCC(C)(C)C2)cc1. The Hall–Kier alpha value is -0.860. The van der Waals surface area contributed by atoms with Crippen molar-refractivity contribution in [1.29, 1.82) is 0 Å². The first-order valence-electron chi connectivity index (χ1n) is 7.96. The van der Waals surface area contributed by atoms with E-state index < -0.39 is 0 Å². The predicted octanol–water partition coefficient (Wildman–Crippen LogP) is 3.63. The van der Waals surface area contributed by atoms with E-state index in [1.54, 1.807) is 0 Å². The second kappa shape index (κ2) is 6.73. The average molecular weight is 274 g/mol. The summed E-state index contributed by atoms with van der Waals surface area (Å²) in [5.74, 6) is 0.586. The largest absolute Gasteiger partial charge is 0.319 e. The van der Waals surface area contributed by atoms with Crippen LogP contribution >= 0.6 is 0 Å². The van der Waals surface area contributed by atoms with E-state index in [1.165, 1.54) is 37.1 Å². The summed E-state index contributed by atoms with van der Waals surface area (Å²) < 4.78 is 0. The summed E-state index contributed by atoms with van der Waals surface area (Å²) >= 11 is 0. The standard InChI is InChI=1S/C18H30N2/c1-15(12-19-4)17-8-6-16(7-9-17)13-20-11-5-10-18(2,3)14-20/h6-9,15,19H,5,10-14H2,1-4H3. The third kappa shape index (κ3) is 4.32. The summed E-state index contributed by atoms with van der Waals surface area (Å²) in [5, 5.41) is 3.25. The highest BCUT2D eigenvalue weighted by Gasteiger charge is 2.26. The Labute approximate surface area is 124 Å². The molecule has 0 radical (unpaired) electrons. The second-order valence-corrected chi connectivity index (χ2v) is 7.18. The molecular formula is C18H30N2. The molecule has 112 valence electrons. The Balaban J connectivity index is 1.93. The second-order valence-electron chi connectivity index (χ2n) is 7.18. The number of piperidine rings is 1. The predicted molar refractivity (Wildman–Crippen MR) is 87.1 cm³/mol. The van der Waals surface area contributed by atoms with E-state index in [9.17, 15) is 0 Å². The van der Waals surface area contributed by atoms with Crippen LogP contribution in [-0.4, -0.2) is 31.6 Å². The molecule has 1 aromatic rings. The summed E-state index contributed by atoms with van der Waals surface area (Å²) in [6.45, 7) is 11.7. The van der Waals surface area contributed by atoms with E-state index in [0.29, 0.717) is 11.3 Å². The molecule has 2 nitrogen and oxygen atoms in total. The molecule has 0 spiro atoms. The van der Waals surface area contributed by atoms with E-state index >= 15 is 0 Å². The van der Waals surface area contributed by atoms with Gasteiger partial charge in [-0.3, -0.25) is 4.90 Å². The summed E-state index contributed by atoms with van der Waals surface area (Å²) in [5.41, 5.74) is 3.37. The summed E-state index contributed by atoms with van der Waals surface area (Å²) in [4.78, 5) is 2.61. The Morgan fingerprint density at radius 1 is 1.25 bits per heavy atom. The van der Waals surface area contributed by atoms with Gasteiger partial charge in [0.15, 0.2) is 0 Å². The fourth-order valence-electron chi connectivity index (χ4n) is 3.31. The van der Waals surface area contributed by atoms with Crippen LogP contribution in [-0.2, 0) is 6.54 Å². The molecule has 2 rings (SSSR count). The monoisotopic (exact) mass is 274 g/mol. The molecule has 1 fully saturated rings. The Morgan fingerprint density at radius 3 is 2.55 bits per heavy atom. The molecule has 20 heavy (non-hydrogen) atoms. The zero-order valence-corrected chi connectivity index (χ0v) is 13.6. The van der Waals surface area contributed by atoms with Crippen LogP contribution in [0.2, 0.25) is 0 Å². The van der Waals surface area contributed by atoms with Gasteiger partial charge in [0, 0.05) is 19.6 Å². The van der Waals surface area contributed by atoms with Crippen molar-refractivity contribution in [2.24, 2.45) is 5.41 Å². The fraction of sp³-hybridized carbons (Fsp3) is 0.667. The van der Waals surface area contributed by atoms with Crippen LogP contribution in [0.4, 0.5) is 0 Å². The first-order chi connectivity index (χ1) is 9.50. The van der Waals surface area contributed by atoms with E-state index in [-0.39, 0.29) is 0 Å². The summed E-state index contributed by atoms with van der Waals surface area (Å²) in [6, 6.07) is 9.21. The number of benzene rings is 1. The number of rotatable bonds is 5. The highest BCUT2D eigenvalue weighted by atomic mass is 15.1. The van der Waals surface area contributed by atoms with Crippen LogP contribution in [0.3, 0.4) is 0 Å². The molecule has 0 saturated carbocycles. The zero-order valence-electron chi connectivity index (χ0n) is 13.6. The van der Waals surface area contributed by atoms with Crippen molar-refractivity contribution >= 4 is 0 Å². The van der Waals surface area contributed by atoms with Gasteiger partial charge < -0.3 is 5.32 Å². The lowest BCUT2D eigenvalue weighted by atomic mass is 9.84. The highest BCUT2D eigenvalue weighted by molar-refractivity contribution is 5.25. The number of likely N-dealkylation sites (tertiary alicyclic amines) is 1. The number of nitrogens with one attached hydrogen (secondary N) is 1. The van der Waals surface area contributed by atoms with Gasteiger partial charge >= 0.3 is 0 Å². The van der Waals surface area contributed by atoms with Gasteiger partial charge in [-0.2, -0.15) is 0 Å². The van der Waals surface area contributed by atoms with Crippen LogP contribution in [0.15, 0.2) is 24.3 Å². The molecule has 1 saturated heterocycles. The van der Waals surface area contributed by atoms with Crippen molar-refractivity contribution in [3.63, 3.8) is 0 Å². The fourth-order valence-corrected chi connectivity index (χ4v) is 3.31. The van der Waals surface area contributed by atoms with E-state index in [4.69, 9.17) is 0 Å². The lowest BCUT2D eigenvalue weighted by Gasteiger charge is -2.38. The van der Waals surface area contributed by atoms with Crippen LogP contribution in [0.5, 0.6) is 0 Å². The Bertz CT molecular complexity index is 408. The van der Waals surface area contributed by atoms with E-state index in [0.717, 1.165) is 13.1 Å². The van der Waals surface area contributed by atoms with Crippen LogP contribution in [0.1, 0.15) is 50.7 Å². The minimum Gasteiger partial charge on any atom is -0.319 e. The minimum atomic E-state index is 0.486. The van der Waals surface area contributed by atoms with Crippen molar-refractivity contribution in [3.05, 3.63) is 35.4 Å². The molecule has 1 unspecified atom stereocenters. The van der Waals surface area contributed by atoms with Crippen molar-refractivity contribution in [3.8, 4) is 0 Å². The van der Waals surface area contributed by atoms with Gasteiger partial charge in [0.25, 0.3) is 0 Å². The molecule has 0 bridgehead atoms. The van der Waals surface area contributed by atoms with Gasteiger partial charge in [-0.1, -0.05) is 45.0 Å². The van der Waals surface area contributed by atoms with Gasteiger partial charge in [-0.25, -0.2) is 0 Å². The first-order valence-corrected chi connectivity index (χ1v) is 7.96. The molecule has 2 heteroatoms. The quantitative estimate of drug-likeness (QED) is 0.882. The van der Waals surface area contributed by atoms with Crippen LogP contribution in [0, 0.1) is 5.41 Å². The van der Waals surface area contributed by atoms with Gasteiger partial charge in [0.1, 0.15) is 0 Å². The number of likely N-dealkylation sites (N-methyl/N-ethyl adjacent to an activating group) is 1. The third-order valence-corrected chi connectivity index (χ3v) is 4.44. The summed E-state index contributed by atoms with van der Waals surface area (Å²) in [6.07, 6.45) is 2.70. The van der Waals surface area contributed by atoms with Crippen molar-refractivity contribution < 1.29 is 0 Å². The lowest BCUT2D eigenvalue weighted by Crippen LogP contribution is -2.39. The average Bonchev–Trinajstić information content (AvgIpc) is 2.38. The molecule has 0 amide bonds. The maximum absolute atomic E-state index is 3.25. The number of hydrogen-bond acceptors (Lipinski definition) is 2.